The highest BCUT2D eigenvalue weighted by Gasteiger charge is 2.10. The van der Waals surface area contributed by atoms with Gasteiger partial charge in [0.05, 0.1) is 21.3 Å². The normalized spacial score (nSPS) is 10.7. The molecule has 0 saturated heterocycles. The van der Waals surface area contributed by atoms with Gasteiger partial charge in [0.1, 0.15) is 0 Å². The predicted octanol–water partition coefficient (Wildman–Crippen LogP) is 3.84. The Balaban J connectivity index is 2.15. The zero-order valence-corrected chi connectivity index (χ0v) is 10.9. The van der Waals surface area contributed by atoms with Crippen molar-refractivity contribution in [1.82, 2.24) is 8.94 Å². The van der Waals surface area contributed by atoms with Crippen molar-refractivity contribution in [2.45, 2.75) is 0 Å². The molecule has 0 spiro atoms. The first-order valence-electron chi connectivity index (χ1n) is 5.39. The van der Waals surface area contributed by atoms with Gasteiger partial charge in [-0.3, -0.25) is 0 Å². The second-order valence-electron chi connectivity index (χ2n) is 3.86. The Hall–Kier alpha value is -1.78. The van der Waals surface area contributed by atoms with Gasteiger partial charge in [0.2, 0.25) is 0 Å². The lowest BCUT2D eigenvalue weighted by atomic mass is 10.1. The van der Waals surface area contributed by atoms with E-state index in [9.17, 15) is 0 Å². The van der Waals surface area contributed by atoms with E-state index in [1.807, 2.05) is 47.3 Å². The van der Waals surface area contributed by atoms with Crippen LogP contribution in [0.4, 0.5) is 5.69 Å². The van der Waals surface area contributed by atoms with Crippen molar-refractivity contribution in [3.05, 3.63) is 53.9 Å². The van der Waals surface area contributed by atoms with Crippen molar-refractivity contribution in [2.24, 2.45) is 0 Å². The summed E-state index contributed by atoms with van der Waals surface area (Å²) in [6.45, 7) is 0. The van der Waals surface area contributed by atoms with Crippen LogP contribution in [-0.4, -0.2) is 8.94 Å². The Morgan fingerprint density at radius 3 is 2.67 bits per heavy atom. The molecule has 0 fully saturated rings. The summed E-state index contributed by atoms with van der Waals surface area (Å²) < 4.78 is 6.02. The van der Waals surface area contributed by atoms with Crippen LogP contribution in [-0.2, 0) is 0 Å². The van der Waals surface area contributed by atoms with Gasteiger partial charge in [-0.15, -0.1) is 0 Å². The molecule has 2 N–H and O–H groups in total. The van der Waals surface area contributed by atoms with E-state index in [-0.39, 0.29) is 0 Å². The van der Waals surface area contributed by atoms with Crippen molar-refractivity contribution >= 4 is 28.8 Å². The maximum absolute atomic E-state index is 6.32. The summed E-state index contributed by atoms with van der Waals surface area (Å²) in [4.78, 5) is 1.02. The first kappa shape index (κ1) is 11.3. The standard InChI is InChI=1S/C13H10ClN3S/c14-10-8-12(17-5-1-2-6-17)11(15)7-9(10)13-3-4-16-18-13/h1-8H,15H2. The Labute approximate surface area is 114 Å². The molecule has 0 bridgehead atoms. The smallest absolute Gasteiger partial charge is 0.0696 e. The minimum absolute atomic E-state index is 0.678. The molecule has 3 nitrogen and oxygen atoms in total. The van der Waals surface area contributed by atoms with Crippen molar-refractivity contribution in [1.29, 1.82) is 0 Å². The second-order valence-corrected chi connectivity index (χ2v) is 5.10. The van der Waals surface area contributed by atoms with Crippen LogP contribution in [0.5, 0.6) is 0 Å². The molecule has 1 aromatic carbocycles. The van der Waals surface area contributed by atoms with E-state index >= 15 is 0 Å². The first-order chi connectivity index (χ1) is 8.75. The zero-order valence-electron chi connectivity index (χ0n) is 9.38. The minimum Gasteiger partial charge on any atom is -0.397 e. The monoisotopic (exact) mass is 275 g/mol. The number of nitrogens with zero attached hydrogens (tertiary/aromatic N) is 2. The van der Waals surface area contributed by atoms with Gasteiger partial charge in [-0.25, -0.2) is 4.37 Å². The maximum Gasteiger partial charge on any atom is 0.0696 e. The largest absolute Gasteiger partial charge is 0.397 e. The molecular weight excluding hydrogens is 266 g/mol. The highest BCUT2D eigenvalue weighted by molar-refractivity contribution is 7.09. The lowest BCUT2D eigenvalue weighted by molar-refractivity contribution is 1.08. The van der Waals surface area contributed by atoms with E-state index in [0.717, 1.165) is 16.1 Å². The Kier molecular flexibility index (Phi) is 2.81. The van der Waals surface area contributed by atoms with Crippen molar-refractivity contribution in [3.8, 4) is 16.1 Å². The van der Waals surface area contributed by atoms with Gasteiger partial charge in [-0.2, -0.15) is 0 Å². The molecule has 0 unspecified atom stereocenters. The number of halogens is 1. The summed E-state index contributed by atoms with van der Waals surface area (Å²) in [5, 5.41) is 0.678. The average molecular weight is 276 g/mol. The molecule has 0 saturated carbocycles. The van der Waals surface area contributed by atoms with E-state index in [0.29, 0.717) is 10.7 Å². The van der Waals surface area contributed by atoms with Gasteiger partial charge in [-0.1, -0.05) is 11.6 Å². The van der Waals surface area contributed by atoms with Crippen LogP contribution in [0.3, 0.4) is 0 Å². The average Bonchev–Trinajstić information content (AvgIpc) is 3.02. The number of anilines is 1. The summed E-state index contributed by atoms with van der Waals surface area (Å²) in [6.07, 6.45) is 5.63. The molecule has 0 aliphatic rings. The Bertz CT molecular complexity index is 600. The zero-order chi connectivity index (χ0) is 12.5. The topological polar surface area (TPSA) is 43.8 Å². The molecular formula is C13H10ClN3S. The van der Waals surface area contributed by atoms with Gasteiger partial charge < -0.3 is 10.3 Å². The van der Waals surface area contributed by atoms with Crippen molar-refractivity contribution < 1.29 is 0 Å². The van der Waals surface area contributed by atoms with Crippen LogP contribution in [0.15, 0.2) is 48.9 Å². The summed E-state index contributed by atoms with van der Waals surface area (Å²) >= 11 is 7.73. The first-order valence-corrected chi connectivity index (χ1v) is 6.54. The number of hydrogen-bond donors (Lipinski definition) is 1. The molecule has 2 aromatic heterocycles. The molecule has 18 heavy (non-hydrogen) atoms. The third kappa shape index (κ3) is 1.89. The number of hydrogen-bond acceptors (Lipinski definition) is 3. The van der Waals surface area contributed by atoms with E-state index in [2.05, 4.69) is 4.37 Å². The molecule has 0 radical (unpaired) electrons. The van der Waals surface area contributed by atoms with E-state index in [4.69, 9.17) is 17.3 Å². The fourth-order valence-electron chi connectivity index (χ4n) is 1.84. The quantitative estimate of drug-likeness (QED) is 0.722. The number of benzene rings is 1. The highest BCUT2D eigenvalue weighted by Crippen LogP contribution is 2.35. The molecule has 2 heterocycles. The minimum atomic E-state index is 0.678. The van der Waals surface area contributed by atoms with Gasteiger partial charge in [0.25, 0.3) is 0 Å². The van der Waals surface area contributed by atoms with Gasteiger partial charge in [0, 0.05) is 24.2 Å². The SMILES string of the molecule is Nc1cc(-c2ccns2)c(Cl)cc1-n1cccc1. The lowest BCUT2D eigenvalue weighted by Gasteiger charge is -2.10. The molecule has 0 aliphatic carbocycles. The van der Waals surface area contributed by atoms with Crippen LogP contribution in [0.25, 0.3) is 16.1 Å². The third-order valence-corrected chi connectivity index (χ3v) is 3.79. The predicted molar refractivity (Wildman–Crippen MR) is 76.3 cm³/mol. The van der Waals surface area contributed by atoms with Crippen LogP contribution in [0.1, 0.15) is 0 Å². The summed E-state index contributed by atoms with van der Waals surface area (Å²) in [5.74, 6) is 0. The Morgan fingerprint density at radius 1 is 1.22 bits per heavy atom. The fourth-order valence-corrected chi connectivity index (χ4v) is 2.78. The van der Waals surface area contributed by atoms with Crippen molar-refractivity contribution in [2.75, 3.05) is 5.73 Å². The van der Waals surface area contributed by atoms with E-state index in [1.54, 1.807) is 6.20 Å². The summed E-state index contributed by atoms with van der Waals surface area (Å²) in [7, 11) is 0. The van der Waals surface area contributed by atoms with Crippen LogP contribution in [0.2, 0.25) is 5.02 Å². The fraction of sp³-hybridized carbons (Fsp3) is 0. The number of aromatic nitrogens is 2. The van der Waals surface area contributed by atoms with Crippen LogP contribution >= 0.6 is 23.1 Å². The highest BCUT2D eigenvalue weighted by atomic mass is 35.5. The summed E-state index contributed by atoms with van der Waals surface area (Å²) in [5.41, 5.74) is 8.60. The van der Waals surface area contributed by atoms with Crippen LogP contribution < -0.4 is 5.73 Å². The number of nitrogen functional groups attached to an aromatic ring is 1. The van der Waals surface area contributed by atoms with E-state index < -0.39 is 0 Å². The maximum atomic E-state index is 6.32. The number of rotatable bonds is 2. The van der Waals surface area contributed by atoms with Crippen LogP contribution in [0, 0.1) is 0 Å². The Morgan fingerprint density at radius 2 is 2.00 bits per heavy atom. The summed E-state index contributed by atoms with van der Waals surface area (Å²) in [6, 6.07) is 9.60. The van der Waals surface area contributed by atoms with Gasteiger partial charge in [0.15, 0.2) is 0 Å². The molecule has 3 aromatic rings. The van der Waals surface area contributed by atoms with E-state index in [1.165, 1.54) is 11.5 Å². The lowest BCUT2D eigenvalue weighted by Crippen LogP contribution is -1.98. The van der Waals surface area contributed by atoms with Gasteiger partial charge in [-0.05, 0) is 41.9 Å². The molecule has 5 heteroatoms. The molecule has 0 aliphatic heterocycles. The van der Waals surface area contributed by atoms with Crippen molar-refractivity contribution in [3.63, 3.8) is 0 Å². The molecule has 0 atom stereocenters. The number of nitrogens with two attached hydrogens (primary N) is 1. The van der Waals surface area contributed by atoms with Gasteiger partial charge >= 0.3 is 0 Å². The second kappa shape index (κ2) is 4.48. The molecule has 0 amide bonds. The third-order valence-electron chi connectivity index (χ3n) is 2.70. The molecule has 3 rings (SSSR count). The molecule has 90 valence electrons.